The van der Waals surface area contributed by atoms with E-state index in [0.29, 0.717) is 30.2 Å². The number of nitrogens with two attached hydrogens (primary N) is 2. The molecule has 1 amide bonds. The molecule has 5 aliphatic rings. The molecule has 0 radical (unpaired) electrons. The highest BCUT2D eigenvalue weighted by Gasteiger charge is 2.69. The van der Waals surface area contributed by atoms with Crippen LogP contribution < -0.4 is 11.5 Å². The van der Waals surface area contributed by atoms with E-state index in [4.69, 9.17) is 11.5 Å². The summed E-state index contributed by atoms with van der Waals surface area (Å²) < 4.78 is 0. The second kappa shape index (κ2) is 11.1. The molecular weight excluding hydrogens is 568 g/mol. The number of fused-ring (bicyclic) bond motifs is 7. The van der Waals surface area contributed by atoms with Crippen molar-refractivity contribution in [2.45, 2.75) is 132 Å². The van der Waals surface area contributed by atoms with E-state index in [0.717, 1.165) is 44.9 Å². The molecule has 0 spiro atoms. The highest BCUT2D eigenvalue weighted by Crippen LogP contribution is 2.75. The van der Waals surface area contributed by atoms with Gasteiger partial charge in [-0.2, -0.15) is 0 Å². The Labute approximate surface area is 269 Å². The molecule has 45 heavy (non-hydrogen) atoms. The van der Waals surface area contributed by atoms with E-state index < -0.39 is 23.3 Å². The van der Waals surface area contributed by atoms with Crippen LogP contribution in [-0.4, -0.2) is 51.6 Å². The zero-order valence-corrected chi connectivity index (χ0v) is 28.7. The van der Waals surface area contributed by atoms with Crippen LogP contribution in [0.4, 0.5) is 0 Å². The number of carbonyl (C=O) groups excluding carboxylic acids is 2. The van der Waals surface area contributed by atoms with Gasteiger partial charge in [0.05, 0.1) is 0 Å². The first-order valence-corrected chi connectivity index (χ1v) is 17.3. The van der Waals surface area contributed by atoms with E-state index in [1.54, 1.807) is 0 Å². The molecule has 3 unspecified atom stereocenters. The van der Waals surface area contributed by atoms with Crippen molar-refractivity contribution in [1.82, 2.24) is 5.06 Å². The van der Waals surface area contributed by atoms with E-state index in [1.807, 2.05) is 13.0 Å². The first-order chi connectivity index (χ1) is 20.8. The summed E-state index contributed by atoms with van der Waals surface area (Å²) in [6.45, 7) is 16.4. The maximum atomic E-state index is 14.5. The van der Waals surface area contributed by atoms with Gasteiger partial charge in [0.25, 0.3) is 5.91 Å². The lowest BCUT2D eigenvalue weighted by molar-refractivity contribution is -0.201. The molecule has 4 fully saturated rings. The monoisotopic (exact) mass is 626 g/mol. The molecule has 0 aromatic carbocycles. The zero-order valence-electron chi connectivity index (χ0n) is 28.7. The van der Waals surface area contributed by atoms with Crippen LogP contribution in [0.5, 0.6) is 0 Å². The molecule has 6 N–H and O–H groups in total. The fraction of sp³-hybridized carbons (Fsp3) is 0.833. The van der Waals surface area contributed by atoms with Crippen LogP contribution in [0, 0.1) is 50.2 Å². The van der Waals surface area contributed by atoms with Crippen LogP contribution in [-0.2, 0) is 14.4 Å². The minimum atomic E-state index is -1.39. The summed E-state index contributed by atoms with van der Waals surface area (Å²) in [6, 6.07) is -1.39. The van der Waals surface area contributed by atoms with E-state index in [-0.39, 0.29) is 63.6 Å². The summed E-state index contributed by atoms with van der Waals surface area (Å²) in [5.41, 5.74) is 10.8. The van der Waals surface area contributed by atoms with Crippen LogP contribution >= 0.6 is 0 Å². The number of aliphatic carboxylic acids is 1. The first kappa shape index (κ1) is 33.9. The molecule has 9 atom stereocenters. The minimum Gasteiger partial charge on any atom is -0.480 e. The lowest BCUT2D eigenvalue weighted by Crippen LogP contribution is -2.65. The van der Waals surface area contributed by atoms with E-state index in [9.17, 15) is 24.7 Å². The van der Waals surface area contributed by atoms with Gasteiger partial charge in [-0.25, -0.2) is 9.86 Å². The van der Waals surface area contributed by atoms with Crippen LogP contribution in [0.25, 0.3) is 0 Å². The van der Waals surface area contributed by atoms with Gasteiger partial charge < -0.3 is 16.6 Å². The maximum Gasteiger partial charge on any atom is 0.329 e. The van der Waals surface area contributed by atoms with Crippen LogP contribution in [0.3, 0.4) is 0 Å². The molecule has 252 valence electrons. The van der Waals surface area contributed by atoms with Gasteiger partial charge in [-0.05, 0) is 116 Å². The Morgan fingerprint density at radius 2 is 1.67 bits per heavy atom. The fourth-order valence-electron chi connectivity index (χ4n) is 11.7. The quantitative estimate of drug-likeness (QED) is 0.0876. The number of rotatable bonds is 7. The average molecular weight is 627 g/mol. The Morgan fingerprint density at radius 3 is 2.31 bits per heavy atom. The number of hydroxylamine groups is 2. The van der Waals surface area contributed by atoms with Crippen molar-refractivity contribution in [2.75, 3.05) is 6.54 Å². The molecule has 0 aliphatic heterocycles. The smallest absolute Gasteiger partial charge is 0.329 e. The van der Waals surface area contributed by atoms with E-state index in [2.05, 4.69) is 46.5 Å². The van der Waals surface area contributed by atoms with Crippen LogP contribution in [0.1, 0.15) is 126 Å². The second-order valence-electron chi connectivity index (χ2n) is 17.5. The number of hydrogen-bond donors (Lipinski definition) is 4. The van der Waals surface area contributed by atoms with Gasteiger partial charge in [0.1, 0.15) is 0 Å². The standard InChI is InChI=1S/C36H58N4O5/c1-31(2)12-9-13-34(5)26(31)11-14-36(7)27(34)25(41)20-22-23-21-33(4,16-15-32(23,3)17-18-35(22,36)6)29(44)40(45)24(28(42)43)10-8-19-39-30(37)38/h20,23-24,26-27,45H,8-19,21H2,1-7H3,(H,42,43)(H4,37,38,39)/t23-,24-,26?,27?,32+,33?,34-,35+,36+/m0/s1. The van der Waals surface area contributed by atoms with Gasteiger partial charge in [0.2, 0.25) is 0 Å². The molecular formula is C36H58N4O5. The summed E-state index contributed by atoms with van der Waals surface area (Å²) in [5, 5.41) is 21.5. The Morgan fingerprint density at radius 1 is 1.00 bits per heavy atom. The Balaban J connectivity index is 1.46. The highest BCUT2D eigenvalue weighted by molar-refractivity contribution is 5.96. The lowest BCUT2D eigenvalue weighted by atomic mass is 9.33. The van der Waals surface area contributed by atoms with Gasteiger partial charge in [0, 0.05) is 17.9 Å². The van der Waals surface area contributed by atoms with Gasteiger partial charge in [-0.1, -0.05) is 60.5 Å². The first-order valence-electron chi connectivity index (χ1n) is 17.3. The number of guanidine groups is 1. The minimum absolute atomic E-state index is 0.00699. The molecule has 0 aromatic heterocycles. The van der Waals surface area contributed by atoms with Crippen LogP contribution in [0.2, 0.25) is 0 Å². The summed E-state index contributed by atoms with van der Waals surface area (Å²) in [4.78, 5) is 44.6. The maximum absolute atomic E-state index is 14.5. The largest absolute Gasteiger partial charge is 0.480 e. The van der Waals surface area contributed by atoms with Crippen molar-refractivity contribution in [3.8, 4) is 0 Å². The summed E-state index contributed by atoms with van der Waals surface area (Å²) in [6.07, 6.45) is 11.9. The summed E-state index contributed by atoms with van der Waals surface area (Å²) >= 11 is 0. The average Bonchev–Trinajstić information content (AvgIpc) is 2.93. The Bertz CT molecular complexity index is 1310. The number of ketones is 1. The van der Waals surface area contributed by atoms with Crippen molar-refractivity contribution < 1.29 is 24.7 Å². The molecule has 0 bridgehead atoms. The number of carboxylic acid groups (broad SMARTS) is 1. The Hall–Kier alpha value is -2.42. The highest BCUT2D eigenvalue weighted by atomic mass is 16.5. The third kappa shape index (κ3) is 5.14. The number of amides is 1. The molecule has 0 aromatic rings. The number of nitrogens with zero attached hydrogens (tertiary/aromatic N) is 2. The second-order valence-corrected chi connectivity index (χ2v) is 17.5. The topological polar surface area (TPSA) is 159 Å². The number of allylic oxidation sites excluding steroid dienone is 2. The zero-order chi connectivity index (χ0) is 33.4. The van der Waals surface area contributed by atoms with E-state index >= 15 is 0 Å². The normalized spacial score (nSPS) is 42.5. The molecule has 0 heterocycles. The van der Waals surface area contributed by atoms with Gasteiger partial charge in [0.15, 0.2) is 17.8 Å². The molecule has 9 heteroatoms. The third-order valence-corrected chi connectivity index (χ3v) is 14.6. The predicted octanol–water partition coefficient (Wildman–Crippen LogP) is 6.08. The van der Waals surface area contributed by atoms with Gasteiger partial charge in [-0.3, -0.25) is 19.8 Å². The number of aliphatic imine (C=N–C) groups is 1. The van der Waals surface area contributed by atoms with Gasteiger partial charge in [-0.15, -0.1) is 0 Å². The van der Waals surface area contributed by atoms with Crippen molar-refractivity contribution in [1.29, 1.82) is 0 Å². The van der Waals surface area contributed by atoms with Crippen molar-refractivity contribution in [3.63, 3.8) is 0 Å². The van der Waals surface area contributed by atoms with Crippen molar-refractivity contribution in [3.05, 3.63) is 11.6 Å². The van der Waals surface area contributed by atoms with Crippen molar-refractivity contribution >= 4 is 23.6 Å². The molecule has 5 rings (SSSR count). The fourth-order valence-corrected chi connectivity index (χ4v) is 11.7. The number of carboxylic acids is 1. The molecule has 0 saturated heterocycles. The van der Waals surface area contributed by atoms with Gasteiger partial charge >= 0.3 is 5.97 Å². The third-order valence-electron chi connectivity index (χ3n) is 14.6. The van der Waals surface area contributed by atoms with E-state index in [1.165, 1.54) is 12.0 Å². The summed E-state index contributed by atoms with van der Waals surface area (Å²) in [7, 11) is 0. The molecule has 5 aliphatic carbocycles. The van der Waals surface area contributed by atoms with Crippen molar-refractivity contribution in [2.24, 2.45) is 66.7 Å². The Kier molecular flexibility index (Phi) is 8.36. The summed E-state index contributed by atoms with van der Waals surface area (Å²) in [5.74, 6) is -1.12. The lowest BCUT2D eigenvalue weighted by Gasteiger charge is -2.70. The number of hydrogen-bond acceptors (Lipinski definition) is 5. The SMILES string of the molecule is CC1(C(=O)N(O)[C@@H](CCCN=C(N)N)C(=O)O)CC[C@]2(C)CC[C@]3(C)C(=CC(=O)C4[C@@]5(C)CCCC(C)(C)C5CC[C@]43C)[C@@H]2C1. The molecule has 4 saturated carbocycles. The predicted molar refractivity (Wildman–Crippen MR) is 174 cm³/mol. The van der Waals surface area contributed by atoms with Crippen LogP contribution in [0.15, 0.2) is 16.6 Å². The number of carbonyl (C=O) groups is 3. The molecule has 9 nitrogen and oxygen atoms in total.